The summed E-state index contributed by atoms with van der Waals surface area (Å²) in [5.41, 5.74) is 0. The van der Waals surface area contributed by atoms with Crippen LogP contribution in [0.3, 0.4) is 0 Å². The first-order chi connectivity index (χ1) is 8.84. The fourth-order valence-electron chi connectivity index (χ4n) is 3.02. The minimum absolute atomic E-state index is 0.263. The second-order valence-corrected chi connectivity index (χ2v) is 5.82. The summed E-state index contributed by atoms with van der Waals surface area (Å²) in [6.45, 7) is 1.23. The van der Waals surface area contributed by atoms with Crippen LogP contribution in [0.5, 0.6) is 0 Å². The van der Waals surface area contributed by atoms with Gasteiger partial charge < -0.3 is 14.6 Å². The molecule has 1 heterocycles. The molecular formula is C15H28O3. The summed E-state index contributed by atoms with van der Waals surface area (Å²) in [5, 5.41) is 9.60. The van der Waals surface area contributed by atoms with Crippen LogP contribution in [0.15, 0.2) is 0 Å². The normalized spacial score (nSPS) is 33.2. The number of hydrogen-bond donors (Lipinski definition) is 1. The number of rotatable bonds is 2. The second kappa shape index (κ2) is 8.13. The largest absolute Gasteiger partial charge is 0.391 e. The first-order valence-corrected chi connectivity index (χ1v) is 7.76. The summed E-state index contributed by atoms with van der Waals surface area (Å²) in [5.74, 6) is 0. The van der Waals surface area contributed by atoms with Crippen LogP contribution < -0.4 is 0 Å². The molecule has 0 amide bonds. The zero-order valence-corrected chi connectivity index (χ0v) is 11.5. The van der Waals surface area contributed by atoms with E-state index in [1.807, 2.05) is 0 Å². The molecule has 2 aliphatic rings. The van der Waals surface area contributed by atoms with E-state index in [1.165, 1.54) is 38.5 Å². The van der Waals surface area contributed by atoms with Gasteiger partial charge in [0.1, 0.15) is 0 Å². The Kier molecular flexibility index (Phi) is 6.46. The van der Waals surface area contributed by atoms with Gasteiger partial charge in [0.05, 0.1) is 24.9 Å². The van der Waals surface area contributed by atoms with Crippen molar-refractivity contribution in [3.63, 3.8) is 0 Å². The maximum atomic E-state index is 9.60. The van der Waals surface area contributed by atoms with Crippen molar-refractivity contribution < 1.29 is 14.6 Å². The summed E-state index contributed by atoms with van der Waals surface area (Å²) in [6.07, 6.45) is 12.4. The Morgan fingerprint density at radius 3 is 2.17 bits per heavy atom. The Bertz CT molecular complexity index is 202. The maximum Gasteiger partial charge on any atom is 0.0773 e. The number of aliphatic hydroxyl groups excluding tert-OH is 1. The van der Waals surface area contributed by atoms with Gasteiger partial charge in [0.25, 0.3) is 0 Å². The van der Waals surface area contributed by atoms with E-state index in [9.17, 15) is 5.11 Å². The molecule has 1 aliphatic heterocycles. The van der Waals surface area contributed by atoms with Crippen LogP contribution in [0.1, 0.15) is 64.2 Å². The van der Waals surface area contributed by atoms with Gasteiger partial charge in [-0.15, -0.1) is 0 Å². The van der Waals surface area contributed by atoms with Gasteiger partial charge >= 0.3 is 0 Å². The van der Waals surface area contributed by atoms with Gasteiger partial charge in [-0.2, -0.15) is 0 Å². The van der Waals surface area contributed by atoms with Gasteiger partial charge in [0.15, 0.2) is 0 Å². The van der Waals surface area contributed by atoms with Gasteiger partial charge in [-0.05, 0) is 32.1 Å². The molecule has 0 radical (unpaired) electrons. The van der Waals surface area contributed by atoms with Crippen LogP contribution in [-0.4, -0.2) is 36.6 Å². The predicted octanol–water partition coefficient (Wildman–Crippen LogP) is 3.05. The fourth-order valence-corrected chi connectivity index (χ4v) is 3.02. The van der Waals surface area contributed by atoms with Crippen LogP contribution in [0.4, 0.5) is 0 Å². The van der Waals surface area contributed by atoms with E-state index < -0.39 is 0 Å². The van der Waals surface area contributed by atoms with Gasteiger partial charge in [0.2, 0.25) is 0 Å². The van der Waals surface area contributed by atoms with Gasteiger partial charge in [-0.25, -0.2) is 0 Å². The summed E-state index contributed by atoms with van der Waals surface area (Å²) in [7, 11) is 0. The average molecular weight is 256 g/mol. The monoisotopic (exact) mass is 256 g/mol. The van der Waals surface area contributed by atoms with Crippen LogP contribution in [0.2, 0.25) is 0 Å². The topological polar surface area (TPSA) is 38.7 Å². The maximum absolute atomic E-state index is 9.60. The molecule has 1 saturated heterocycles. The molecule has 2 atom stereocenters. The molecule has 106 valence electrons. The van der Waals surface area contributed by atoms with Gasteiger partial charge in [-0.3, -0.25) is 0 Å². The molecule has 0 aromatic rings. The number of aliphatic hydroxyl groups is 1. The molecular weight excluding hydrogens is 228 g/mol. The van der Waals surface area contributed by atoms with Crippen LogP contribution in [0, 0.1) is 0 Å². The highest BCUT2D eigenvalue weighted by molar-refractivity contribution is 4.70. The Hall–Kier alpha value is -0.120. The first kappa shape index (κ1) is 14.3. The SMILES string of the molecule is OC1CCCCC(OC2CCCCC2)CCOC1. The summed E-state index contributed by atoms with van der Waals surface area (Å²) in [6, 6.07) is 0. The molecule has 2 fully saturated rings. The van der Waals surface area contributed by atoms with E-state index in [1.54, 1.807) is 0 Å². The lowest BCUT2D eigenvalue weighted by Crippen LogP contribution is -2.27. The first-order valence-electron chi connectivity index (χ1n) is 7.76. The molecule has 3 nitrogen and oxygen atoms in total. The minimum atomic E-state index is -0.263. The number of hydrogen-bond acceptors (Lipinski definition) is 3. The standard InChI is InChI=1S/C15H28O3/c16-13-6-4-5-9-15(10-11-17-12-13)18-14-7-2-1-3-8-14/h13-16H,1-12H2. The lowest BCUT2D eigenvalue weighted by Gasteiger charge is -2.28. The highest BCUT2D eigenvalue weighted by atomic mass is 16.5. The molecule has 2 rings (SSSR count). The van der Waals surface area contributed by atoms with E-state index in [2.05, 4.69) is 0 Å². The molecule has 1 saturated carbocycles. The van der Waals surface area contributed by atoms with E-state index in [-0.39, 0.29) is 6.10 Å². The summed E-state index contributed by atoms with van der Waals surface area (Å²) >= 11 is 0. The van der Waals surface area contributed by atoms with Crippen LogP contribution in [0.25, 0.3) is 0 Å². The van der Waals surface area contributed by atoms with E-state index >= 15 is 0 Å². The van der Waals surface area contributed by atoms with Crippen molar-refractivity contribution in [3.8, 4) is 0 Å². The summed E-state index contributed by atoms with van der Waals surface area (Å²) < 4.78 is 11.8. The zero-order valence-electron chi connectivity index (χ0n) is 11.5. The Labute approximate surface area is 111 Å². The third-order valence-electron chi connectivity index (χ3n) is 4.14. The number of ether oxygens (including phenoxy) is 2. The highest BCUT2D eigenvalue weighted by Gasteiger charge is 2.20. The van der Waals surface area contributed by atoms with Crippen molar-refractivity contribution in [1.82, 2.24) is 0 Å². The molecule has 0 bridgehead atoms. The minimum Gasteiger partial charge on any atom is -0.391 e. The van der Waals surface area contributed by atoms with Crippen molar-refractivity contribution >= 4 is 0 Å². The predicted molar refractivity (Wildman–Crippen MR) is 71.7 cm³/mol. The van der Waals surface area contributed by atoms with Crippen molar-refractivity contribution in [1.29, 1.82) is 0 Å². The fraction of sp³-hybridized carbons (Fsp3) is 1.00. The Balaban J connectivity index is 1.72. The summed E-state index contributed by atoms with van der Waals surface area (Å²) in [4.78, 5) is 0. The van der Waals surface area contributed by atoms with Crippen molar-refractivity contribution in [2.24, 2.45) is 0 Å². The zero-order chi connectivity index (χ0) is 12.6. The van der Waals surface area contributed by atoms with Gasteiger partial charge in [-0.1, -0.05) is 32.1 Å². The lowest BCUT2D eigenvalue weighted by molar-refractivity contribution is -0.0576. The van der Waals surface area contributed by atoms with E-state index in [0.717, 1.165) is 32.3 Å². The van der Waals surface area contributed by atoms with Crippen LogP contribution in [-0.2, 0) is 9.47 Å². The molecule has 1 N–H and O–H groups in total. The molecule has 0 aromatic heterocycles. The molecule has 18 heavy (non-hydrogen) atoms. The third kappa shape index (κ3) is 5.25. The van der Waals surface area contributed by atoms with E-state index in [0.29, 0.717) is 18.8 Å². The highest BCUT2D eigenvalue weighted by Crippen LogP contribution is 2.24. The van der Waals surface area contributed by atoms with Crippen LogP contribution >= 0.6 is 0 Å². The lowest BCUT2D eigenvalue weighted by atomic mass is 9.97. The quantitative estimate of drug-likeness (QED) is 0.825. The van der Waals surface area contributed by atoms with Crippen molar-refractivity contribution in [2.75, 3.05) is 13.2 Å². The Morgan fingerprint density at radius 2 is 1.39 bits per heavy atom. The molecule has 1 aliphatic carbocycles. The molecule has 0 aromatic carbocycles. The Morgan fingerprint density at radius 1 is 0.778 bits per heavy atom. The second-order valence-electron chi connectivity index (χ2n) is 5.82. The van der Waals surface area contributed by atoms with Crippen molar-refractivity contribution in [2.45, 2.75) is 82.5 Å². The smallest absolute Gasteiger partial charge is 0.0773 e. The average Bonchev–Trinajstić information content (AvgIpc) is 2.40. The molecule has 3 heteroatoms. The molecule has 2 unspecified atom stereocenters. The van der Waals surface area contributed by atoms with Crippen molar-refractivity contribution in [3.05, 3.63) is 0 Å². The van der Waals surface area contributed by atoms with Gasteiger partial charge in [0, 0.05) is 6.61 Å². The molecule has 0 spiro atoms. The van der Waals surface area contributed by atoms with E-state index in [4.69, 9.17) is 9.47 Å². The third-order valence-corrected chi connectivity index (χ3v) is 4.14.